The molecule has 2 unspecified atom stereocenters. The molecule has 6 heteroatoms. The SMILES string of the molecule is CC(Oc1ccc(O)cc1)C(=O)NC1CCc2cn[nH]c2C1. The lowest BCUT2D eigenvalue weighted by molar-refractivity contribution is -0.128. The quantitative estimate of drug-likeness (QED) is 0.799. The molecule has 22 heavy (non-hydrogen) atoms. The van der Waals surface area contributed by atoms with Gasteiger partial charge in [0, 0.05) is 18.2 Å². The number of phenols is 1. The van der Waals surface area contributed by atoms with Crippen molar-refractivity contribution < 1.29 is 14.6 Å². The number of aromatic amines is 1. The summed E-state index contributed by atoms with van der Waals surface area (Å²) < 4.78 is 5.58. The Labute approximate surface area is 128 Å². The third-order valence-corrected chi connectivity index (χ3v) is 3.89. The van der Waals surface area contributed by atoms with E-state index in [1.54, 1.807) is 19.1 Å². The number of carbonyl (C=O) groups excluding carboxylic acids is 1. The van der Waals surface area contributed by atoms with Gasteiger partial charge in [-0.1, -0.05) is 0 Å². The minimum atomic E-state index is -0.590. The number of phenolic OH excluding ortho intramolecular Hbond substituents is 1. The Kier molecular flexibility index (Phi) is 4.00. The van der Waals surface area contributed by atoms with Crippen LogP contribution in [0.25, 0.3) is 0 Å². The van der Waals surface area contributed by atoms with E-state index in [1.165, 1.54) is 17.7 Å². The first-order chi connectivity index (χ1) is 10.6. The first-order valence-electron chi connectivity index (χ1n) is 7.39. The van der Waals surface area contributed by atoms with E-state index in [1.807, 2.05) is 6.20 Å². The van der Waals surface area contributed by atoms with E-state index in [2.05, 4.69) is 15.5 Å². The normalized spacial score (nSPS) is 18.3. The summed E-state index contributed by atoms with van der Waals surface area (Å²) in [5, 5.41) is 19.3. The molecule has 2 atom stereocenters. The second kappa shape index (κ2) is 6.09. The number of H-pyrrole nitrogens is 1. The smallest absolute Gasteiger partial charge is 0.261 e. The lowest BCUT2D eigenvalue weighted by Crippen LogP contribution is -2.44. The van der Waals surface area contributed by atoms with Crippen LogP contribution in [0, 0.1) is 0 Å². The Bertz CT molecular complexity index is 651. The predicted molar refractivity (Wildman–Crippen MR) is 80.7 cm³/mol. The van der Waals surface area contributed by atoms with Gasteiger partial charge in [-0.3, -0.25) is 9.89 Å². The van der Waals surface area contributed by atoms with Crippen LogP contribution >= 0.6 is 0 Å². The number of aryl methyl sites for hydroxylation is 1. The van der Waals surface area contributed by atoms with Gasteiger partial charge in [0.1, 0.15) is 11.5 Å². The van der Waals surface area contributed by atoms with Crippen molar-refractivity contribution in [2.24, 2.45) is 0 Å². The molecule has 1 heterocycles. The average Bonchev–Trinajstić information content (AvgIpc) is 2.97. The molecule has 1 aromatic heterocycles. The molecule has 0 saturated heterocycles. The standard InChI is InChI=1S/C16H19N3O3/c1-10(22-14-6-4-13(20)5-7-14)16(21)18-12-3-2-11-9-17-19-15(11)8-12/h4-7,9-10,12,20H,2-3,8H2,1H3,(H,17,19)(H,18,21). The zero-order valence-electron chi connectivity index (χ0n) is 12.4. The van der Waals surface area contributed by atoms with Crippen molar-refractivity contribution >= 4 is 5.91 Å². The van der Waals surface area contributed by atoms with Gasteiger partial charge in [-0.05, 0) is 49.6 Å². The molecule has 0 spiro atoms. The molecule has 0 saturated carbocycles. The van der Waals surface area contributed by atoms with Crippen molar-refractivity contribution in [1.82, 2.24) is 15.5 Å². The molecule has 0 fully saturated rings. The molecule has 2 aromatic rings. The summed E-state index contributed by atoms with van der Waals surface area (Å²) in [4.78, 5) is 12.2. The Morgan fingerprint density at radius 3 is 3.00 bits per heavy atom. The zero-order chi connectivity index (χ0) is 15.5. The van der Waals surface area contributed by atoms with Crippen LogP contribution in [0.5, 0.6) is 11.5 Å². The number of amides is 1. The van der Waals surface area contributed by atoms with Gasteiger partial charge < -0.3 is 15.2 Å². The van der Waals surface area contributed by atoms with E-state index < -0.39 is 6.10 Å². The number of hydrogen-bond acceptors (Lipinski definition) is 4. The number of ether oxygens (including phenoxy) is 1. The Morgan fingerprint density at radius 2 is 2.23 bits per heavy atom. The van der Waals surface area contributed by atoms with Crippen molar-refractivity contribution in [3.63, 3.8) is 0 Å². The van der Waals surface area contributed by atoms with Gasteiger partial charge in [0.2, 0.25) is 0 Å². The first kappa shape index (κ1) is 14.4. The van der Waals surface area contributed by atoms with Crippen LogP contribution in [-0.4, -0.2) is 33.4 Å². The second-order valence-corrected chi connectivity index (χ2v) is 5.58. The van der Waals surface area contributed by atoms with Gasteiger partial charge in [-0.25, -0.2) is 0 Å². The van der Waals surface area contributed by atoms with Crippen molar-refractivity contribution in [3.05, 3.63) is 41.7 Å². The van der Waals surface area contributed by atoms with Crippen LogP contribution in [-0.2, 0) is 17.6 Å². The number of benzene rings is 1. The van der Waals surface area contributed by atoms with Gasteiger partial charge in [0.05, 0.1) is 6.20 Å². The molecule has 1 amide bonds. The van der Waals surface area contributed by atoms with Crippen LogP contribution in [0.2, 0.25) is 0 Å². The molecule has 0 radical (unpaired) electrons. The van der Waals surface area contributed by atoms with Crippen molar-refractivity contribution in [2.75, 3.05) is 0 Å². The molecule has 116 valence electrons. The largest absolute Gasteiger partial charge is 0.508 e. The maximum Gasteiger partial charge on any atom is 0.261 e. The van der Waals surface area contributed by atoms with Gasteiger partial charge in [-0.15, -0.1) is 0 Å². The number of aromatic nitrogens is 2. The summed E-state index contributed by atoms with van der Waals surface area (Å²) in [7, 11) is 0. The Morgan fingerprint density at radius 1 is 1.45 bits per heavy atom. The van der Waals surface area contributed by atoms with Crippen LogP contribution in [0.1, 0.15) is 24.6 Å². The molecule has 1 aromatic carbocycles. The highest BCUT2D eigenvalue weighted by Crippen LogP contribution is 2.20. The predicted octanol–water partition coefficient (Wildman–Crippen LogP) is 1.56. The number of aromatic hydroxyl groups is 1. The van der Waals surface area contributed by atoms with Gasteiger partial charge in [0.15, 0.2) is 6.10 Å². The summed E-state index contributed by atoms with van der Waals surface area (Å²) in [6.07, 6.45) is 3.86. The fourth-order valence-corrected chi connectivity index (χ4v) is 2.63. The Hall–Kier alpha value is -2.50. The molecule has 3 N–H and O–H groups in total. The lowest BCUT2D eigenvalue weighted by atomic mass is 9.93. The van der Waals surface area contributed by atoms with E-state index in [0.717, 1.165) is 25.0 Å². The fourth-order valence-electron chi connectivity index (χ4n) is 2.63. The number of rotatable bonds is 4. The Balaban J connectivity index is 1.54. The fraction of sp³-hybridized carbons (Fsp3) is 0.375. The van der Waals surface area contributed by atoms with Gasteiger partial charge in [0.25, 0.3) is 5.91 Å². The summed E-state index contributed by atoms with van der Waals surface area (Å²) in [6.45, 7) is 1.71. The maximum absolute atomic E-state index is 12.2. The van der Waals surface area contributed by atoms with Crippen LogP contribution < -0.4 is 10.1 Å². The maximum atomic E-state index is 12.2. The number of fused-ring (bicyclic) bond motifs is 1. The van der Waals surface area contributed by atoms with E-state index >= 15 is 0 Å². The van der Waals surface area contributed by atoms with Crippen molar-refractivity contribution in [2.45, 2.75) is 38.3 Å². The topological polar surface area (TPSA) is 87.2 Å². The highest BCUT2D eigenvalue weighted by molar-refractivity contribution is 5.81. The van der Waals surface area contributed by atoms with Crippen molar-refractivity contribution in [1.29, 1.82) is 0 Å². The zero-order valence-corrected chi connectivity index (χ0v) is 12.4. The number of nitrogens with one attached hydrogen (secondary N) is 2. The van der Waals surface area contributed by atoms with E-state index in [9.17, 15) is 9.90 Å². The lowest BCUT2D eigenvalue weighted by Gasteiger charge is -2.24. The second-order valence-electron chi connectivity index (χ2n) is 5.58. The molecule has 6 nitrogen and oxygen atoms in total. The minimum Gasteiger partial charge on any atom is -0.508 e. The van der Waals surface area contributed by atoms with Crippen LogP contribution in [0.3, 0.4) is 0 Å². The third kappa shape index (κ3) is 3.21. The van der Waals surface area contributed by atoms with E-state index in [-0.39, 0.29) is 17.7 Å². The summed E-state index contributed by atoms with van der Waals surface area (Å²) >= 11 is 0. The molecule has 1 aliphatic carbocycles. The minimum absolute atomic E-state index is 0.103. The average molecular weight is 301 g/mol. The van der Waals surface area contributed by atoms with Gasteiger partial charge >= 0.3 is 0 Å². The van der Waals surface area contributed by atoms with E-state index in [4.69, 9.17) is 4.74 Å². The first-order valence-corrected chi connectivity index (χ1v) is 7.39. The molecular weight excluding hydrogens is 282 g/mol. The summed E-state index contributed by atoms with van der Waals surface area (Å²) in [6, 6.07) is 6.43. The monoisotopic (exact) mass is 301 g/mol. The summed E-state index contributed by atoms with van der Waals surface area (Å²) in [5.41, 5.74) is 2.34. The molecule has 1 aliphatic rings. The molecule has 0 bridgehead atoms. The summed E-state index contributed by atoms with van der Waals surface area (Å²) in [5.74, 6) is 0.586. The molecule has 3 rings (SSSR count). The molecular formula is C16H19N3O3. The van der Waals surface area contributed by atoms with E-state index in [0.29, 0.717) is 5.75 Å². The van der Waals surface area contributed by atoms with Crippen LogP contribution in [0.15, 0.2) is 30.5 Å². The number of carbonyl (C=O) groups is 1. The number of nitrogens with zero attached hydrogens (tertiary/aromatic N) is 1. The number of hydrogen-bond donors (Lipinski definition) is 3. The van der Waals surface area contributed by atoms with Crippen LogP contribution in [0.4, 0.5) is 0 Å². The highest BCUT2D eigenvalue weighted by atomic mass is 16.5. The van der Waals surface area contributed by atoms with Crippen molar-refractivity contribution in [3.8, 4) is 11.5 Å². The molecule has 0 aliphatic heterocycles. The highest BCUT2D eigenvalue weighted by Gasteiger charge is 2.24. The van der Waals surface area contributed by atoms with Gasteiger partial charge in [-0.2, -0.15) is 5.10 Å². The third-order valence-electron chi connectivity index (χ3n) is 3.89.